The maximum absolute atomic E-state index is 2.42. The fraction of sp³-hybridized carbons (Fsp3) is 1.00. The van der Waals surface area contributed by atoms with E-state index in [2.05, 4.69) is 27.7 Å². The molecular weight excluding hydrogens is 372 g/mol. The van der Waals surface area contributed by atoms with Gasteiger partial charge in [0.05, 0.1) is 0 Å². The molecule has 0 heterocycles. The summed E-state index contributed by atoms with van der Waals surface area (Å²) in [4.78, 5) is 0. The van der Waals surface area contributed by atoms with Crippen molar-refractivity contribution in [3.05, 3.63) is 0 Å². The Morgan fingerprint density at radius 1 is 0.323 bits per heavy atom. The summed E-state index contributed by atoms with van der Waals surface area (Å²) in [6, 6.07) is 0. The number of unbranched alkanes of at least 4 members (excludes halogenated alkanes) is 23. The molecule has 188 valence electrons. The Labute approximate surface area is 200 Å². The lowest BCUT2D eigenvalue weighted by Crippen LogP contribution is -2.08. The van der Waals surface area contributed by atoms with Crippen LogP contribution in [0.2, 0.25) is 0 Å². The third-order valence-electron chi connectivity index (χ3n) is 7.66. The zero-order valence-electron chi connectivity index (χ0n) is 22.9. The van der Waals surface area contributed by atoms with E-state index in [1.807, 2.05) is 0 Å². The van der Waals surface area contributed by atoms with Crippen molar-refractivity contribution in [2.24, 2.45) is 5.41 Å². The SMILES string of the molecule is CCCCCCCCCCCCCCCCCCCCCCCCCCC(C)(C)CC. The first-order valence-corrected chi connectivity index (χ1v) is 15.1. The van der Waals surface area contributed by atoms with Crippen molar-refractivity contribution in [2.75, 3.05) is 0 Å². The topological polar surface area (TPSA) is 0 Å². The fourth-order valence-corrected chi connectivity index (χ4v) is 4.74. The molecule has 0 aliphatic rings. The molecule has 0 N–H and O–H groups in total. The minimum absolute atomic E-state index is 0.576. The molecule has 0 unspecified atom stereocenters. The first-order chi connectivity index (χ1) is 15.1. The van der Waals surface area contributed by atoms with Crippen LogP contribution < -0.4 is 0 Å². The van der Waals surface area contributed by atoms with Crippen molar-refractivity contribution < 1.29 is 0 Å². The van der Waals surface area contributed by atoms with Crippen LogP contribution in [-0.2, 0) is 0 Å². The lowest BCUT2D eigenvalue weighted by atomic mass is 9.84. The highest BCUT2D eigenvalue weighted by Gasteiger charge is 2.13. The summed E-state index contributed by atoms with van der Waals surface area (Å²) in [7, 11) is 0. The van der Waals surface area contributed by atoms with Gasteiger partial charge in [-0.25, -0.2) is 0 Å². The molecule has 0 radical (unpaired) electrons. The molecule has 0 spiro atoms. The molecule has 0 saturated carbocycles. The van der Waals surface area contributed by atoms with Crippen LogP contribution in [0.4, 0.5) is 0 Å². The van der Waals surface area contributed by atoms with Crippen LogP contribution in [-0.4, -0.2) is 0 Å². The first kappa shape index (κ1) is 31.0. The zero-order valence-corrected chi connectivity index (χ0v) is 22.9. The van der Waals surface area contributed by atoms with Gasteiger partial charge in [0.25, 0.3) is 0 Å². The van der Waals surface area contributed by atoms with Gasteiger partial charge in [-0.1, -0.05) is 188 Å². The summed E-state index contributed by atoms with van der Waals surface area (Å²) in [6.45, 7) is 9.48. The Bertz CT molecular complexity index is 316. The van der Waals surface area contributed by atoms with Gasteiger partial charge in [-0.2, -0.15) is 0 Å². The van der Waals surface area contributed by atoms with Gasteiger partial charge in [0.15, 0.2) is 0 Å². The maximum atomic E-state index is 2.42. The highest BCUT2D eigenvalue weighted by molar-refractivity contribution is 4.65. The van der Waals surface area contributed by atoms with Gasteiger partial charge >= 0.3 is 0 Å². The van der Waals surface area contributed by atoms with Crippen LogP contribution in [0.25, 0.3) is 0 Å². The molecule has 0 fully saturated rings. The molecule has 0 nitrogen and oxygen atoms in total. The summed E-state index contributed by atoms with van der Waals surface area (Å²) in [5.41, 5.74) is 0.576. The second kappa shape index (κ2) is 24.6. The van der Waals surface area contributed by atoms with Crippen molar-refractivity contribution in [2.45, 2.75) is 195 Å². The summed E-state index contributed by atoms with van der Waals surface area (Å²) in [5.74, 6) is 0. The zero-order chi connectivity index (χ0) is 22.9. The van der Waals surface area contributed by atoms with Crippen molar-refractivity contribution >= 4 is 0 Å². The summed E-state index contributed by atoms with van der Waals surface area (Å²) < 4.78 is 0. The number of hydrogen-bond donors (Lipinski definition) is 0. The van der Waals surface area contributed by atoms with Gasteiger partial charge in [0, 0.05) is 0 Å². The quantitative estimate of drug-likeness (QED) is 0.118. The maximum Gasteiger partial charge on any atom is -0.0357 e. The molecule has 0 rings (SSSR count). The summed E-state index contributed by atoms with van der Waals surface area (Å²) in [6.07, 6.45) is 38.2. The van der Waals surface area contributed by atoms with E-state index < -0.39 is 0 Å². The van der Waals surface area contributed by atoms with Crippen molar-refractivity contribution in [3.63, 3.8) is 0 Å². The van der Waals surface area contributed by atoms with Gasteiger partial charge in [-0.05, 0) is 11.8 Å². The van der Waals surface area contributed by atoms with Crippen LogP contribution >= 0.6 is 0 Å². The number of rotatable bonds is 26. The number of hydrogen-bond acceptors (Lipinski definition) is 0. The summed E-state index contributed by atoms with van der Waals surface area (Å²) >= 11 is 0. The van der Waals surface area contributed by atoms with Crippen molar-refractivity contribution in [1.82, 2.24) is 0 Å². The van der Waals surface area contributed by atoms with Gasteiger partial charge in [0.2, 0.25) is 0 Å². The molecule has 0 aromatic rings. The van der Waals surface area contributed by atoms with E-state index >= 15 is 0 Å². The van der Waals surface area contributed by atoms with E-state index in [-0.39, 0.29) is 0 Å². The largest absolute Gasteiger partial charge is 0.0654 e. The lowest BCUT2D eigenvalue weighted by Gasteiger charge is -2.22. The lowest BCUT2D eigenvalue weighted by molar-refractivity contribution is 0.307. The fourth-order valence-electron chi connectivity index (χ4n) is 4.74. The van der Waals surface area contributed by atoms with Crippen LogP contribution in [0, 0.1) is 5.41 Å². The van der Waals surface area contributed by atoms with Crippen LogP contribution in [0.15, 0.2) is 0 Å². The standard InChI is InChI=1S/C31H64/c1-5-7-8-9-10-11-12-13-14-15-16-17-18-19-20-21-22-23-24-25-26-27-28-29-30-31(3,4)6-2/h5-30H2,1-4H3. The third-order valence-corrected chi connectivity index (χ3v) is 7.66. The molecule has 0 saturated heterocycles. The smallest absolute Gasteiger partial charge is 0.0357 e. The predicted molar refractivity (Wildman–Crippen MR) is 145 cm³/mol. The Balaban J connectivity index is 3.05. The van der Waals surface area contributed by atoms with Gasteiger partial charge in [0.1, 0.15) is 0 Å². The molecule has 31 heavy (non-hydrogen) atoms. The molecule has 0 aliphatic heterocycles. The normalized spacial score (nSPS) is 12.0. The molecular formula is C31H64. The van der Waals surface area contributed by atoms with E-state index in [0.717, 1.165) is 0 Å². The molecule has 0 amide bonds. The summed E-state index contributed by atoms with van der Waals surface area (Å²) in [5, 5.41) is 0. The monoisotopic (exact) mass is 437 g/mol. The highest BCUT2D eigenvalue weighted by atomic mass is 14.2. The van der Waals surface area contributed by atoms with E-state index in [1.54, 1.807) is 0 Å². The van der Waals surface area contributed by atoms with Crippen LogP contribution in [0.3, 0.4) is 0 Å². The average molecular weight is 437 g/mol. The highest BCUT2D eigenvalue weighted by Crippen LogP contribution is 2.27. The minimum atomic E-state index is 0.576. The van der Waals surface area contributed by atoms with E-state index in [9.17, 15) is 0 Å². The van der Waals surface area contributed by atoms with E-state index in [1.165, 1.54) is 167 Å². The van der Waals surface area contributed by atoms with Gasteiger partial charge < -0.3 is 0 Å². The Hall–Kier alpha value is 0. The minimum Gasteiger partial charge on any atom is -0.0654 e. The average Bonchev–Trinajstić information content (AvgIpc) is 2.76. The van der Waals surface area contributed by atoms with Crippen LogP contribution in [0.1, 0.15) is 195 Å². The second-order valence-corrected chi connectivity index (χ2v) is 11.4. The molecule has 0 aromatic carbocycles. The molecule has 0 bridgehead atoms. The van der Waals surface area contributed by atoms with Gasteiger partial charge in [-0.15, -0.1) is 0 Å². The Kier molecular flexibility index (Phi) is 24.6. The van der Waals surface area contributed by atoms with Crippen molar-refractivity contribution in [1.29, 1.82) is 0 Å². The second-order valence-electron chi connectivity index (χ2n) is 11.4. The molecule has 0 heteroatoms. The molecule has 0 atom stereocenters. The Morgan fingerprint density at radius 3 is 0.774 bits per heavy atom. The first-order valence-electron chi connectivity index (χ1n) is 15.1. The Morgan fingerprint density at radius 2 is 0.548 bits per heavy atom. The van der Waals surface area contributed by atoms with E-state index in [0.29, 0.717) is 5.41 Å². The van der Waals surface area contributed by atoms with Crippen LogP contribution in [0.5, 0.6) is 0 Å². The van der Waals surface area contributed by atoms with E-state index in [4.69, 9.17) is 0 Å². The van der Waals surface area contributed by atoms with Gasteiger partial charge in [-0.3, -0.25) is 0 Å². The third kappa shape index (κ3) is 26.1. The molecule has 0 aliphatic carbocycles. The predicted octanol–water partition coefficient (Wildman–Crippen LogP) is 12.2. The molecule has 0 aromatic heterocycles. The van der Waals surface area contributed by atoms with Crippen molar-refractivity contribution in [3.8, 4) is 0 Å².